The molecule has 0 aliphatic carbocycles. The van der Waals surface area contributed by atoms with E-state index in [1.54, 1.807) is 0 Å². The molecule has 0 radical (unpaired) electrons. The number of nitrogens with zero attached hydrogens (tertiary/aromatic N) is 1. The van der Waals surface area contributed by atoms with E-state index in [0.29, 0.717) is 13.1 Å². The van der Waals surface area contributed by atoms with E-state index in [0.717, 1.165) is 0 Å². The van der Waals surface area contributed by atoms with Gasteiger partial charge in [0.2, 0.25) is 5.91 Å². The Bertz CT molecular complexity index is 242. The van der Waals surface area contributed by atoms with Gasteiger partial charge in [0.1, 0.15) is 7.85 Å². The molecule has 1 aliphatic rings. The van der Waals surface area contributed by atoms with Crippen molar-refractivity contribution in [2.24, 2.45) is 5.41 Å². The molecule has 0 aromatic rings. The minimum absolute atomic E-state index is 0.0732. The number of carbonyl (C=O) groups is 1. The topological polar surface area (TPSA) is 29.5 Å². The van der Waals surface area contributed by atoms with Gasteiger partial charge in [-0.25, -0.2) is 0 Å². The van der Waals surface area contributed by atoms with Gasteiger partial charge in [0.25, 0.3) is 0 Å². The number of carbonyl (C=O) groups excluding carboxylic acids is 1. The average Bonchev–Trinajstić information content (AvgIpc) is 2.14. The highest BCUT2D eigenvalue weighted by atomic mass is 32.1. The standard InChI is InChI=1S/C10H20BNO2S/c1-10(2,3)7-4-12(9(13)6-15)5-8(11)14-7/h7-8,15H,4-6,11H2,1-3H3. The molecule has 0 aromatic heterocycles. The van der Waals surface area contributed by atoms with Gasteiger partial charge in [-0.05, 0) is 5.41 Å². The fourth-order valence-electron chi connectivity index (χ4n) is 1.73. The van der Waals surface area contributed by atoms with Crippen molar-refractivity contribution < 1.29 is 9.53 Å². The van der Waals surface area contributed by atoms with Gasteiger partial charge < -0.3 is 9.64 Å². The summed E-state index contributed by atoms with van der Waals surface area (Å²) in [4.78, 5) is 13.4. The number of hydrogen-bond acceptors (Lipinski definition) is 3. The molecule has 1 fully saturated rings. The van der Waals surface area contributed by atoms with Gasteiger partial charge in [-0.1, -0.05) is 20.8 Å². The van der Waals surface area contributed by atoms with Crippen molar-refractivity contribution in [2.45, 2.75) is 32.9 Å². The number of rotatable bonds is 1. The second-order valence-electron chi connectivity index (χ2n) is 5.26. The number of amides is 1. The molecule has 0 aromatic carbocycles. The highest BCUT2D eigenvalue weighted by Crippen LogP contribution is 2.26. The molecule has 1 amide bonds. The zero-order valence-corrected chi connectivity index (χ0v) is 10.9. The summed E-state index contributed by atoms with van der Waals surface area (Å²) in [7, 11) is 2.01. The van der Waals surface area contributed by atoms with E-state index in [1.807, 2.05) is 12.7 Å². The smallest absolute Gasteiger partial charge is 0.232 e. The molecule has 0 N–H and O–H groups in total. The third kappa shape index (κ3) is 3.42. The molecule has 0 spiro atoms. The van der Waals surface area contributed by atoms with Crippen LogP contribution in [0.25, 0.3) is 0 Å². The first-order chi connectivity index (χ1) is 6.84. The summed E-state index contributed by atoms with van der Waals surface area (Å²) in [6.45, 7) is 7.79. The minimum atomic E-state index is 0.0732. The molecule has 0 bridgehead atoms. The van der Waals surface area contributed by atoms with Gasteiger partial charge in [-0.3, -0.25) is 4.79 Å². The summed E-state index contributed by atoms with van der Waals surface area (Å²) < 4.78 is 5.86. The van der Waals surface area contributed by atoms with Crippen molar-refractivity contribution in [3.8, 4) is 0 Å². The Morgan fingerprint density at radius 1 is 1.53 bits per heavy atom. The molecule has 5 heteroatoms. The zero-order valence-electron chi connectivity index (χ0n) is 9.99. The maximum absolute atomic E-state index is 11.6. The SMILES string of the molecule is BC1CN(C(=O)CS)CC(C(C)(C)C)O1. The lowest BCUT2D eigenvalue weighted by Crippen LogP contribution is -2.54. The van der Waals surface area contributed by atoms with Crippen LogP contribution in [0.5, 0.6) is 0 Å². The van der Waals surface area contributed by atoms with Gasteiger partial charge in [-0.2, -0.15) is 12.6 Å². The van der Waals surface area contributed by atoms with Crippen LogP contribution in [0.1, 0.15) is 20.8 Å². The van der Waals surface area contributed by atoms with Gasteiger partial charge in [0, 0.05) is 19.1 Å². The highest BCUT2D eigenvalue weighted by molar-refractivity contribution is 7.81. The lowest BCUT2D eigenvalue weighted by Gasteiger charge is -2.42. The van der Waals surface area contributed by atoms with E-state index in [9.17, 15) is 4.79 Å². The van der Waals surface area contributed by atoms with Gasteiger partial charge in [0.05, 0.1) is 11.9 Å². The number of hydrogen-bond donors (Lipinski definition) is 1. The normalized spacial score (nSPS) is 27.9. The van der Waals surface area contributed by atoms with Crippen LogP contribution in [0.3, 0.4) is 0 Å². The summed E-state index contributed by atoms with van der Waals surface area (Å²) in [6.07, 6.45) is 0.116. The second-order valence-corrected chi connectivity index (χ2v) is 5.57. The molecule has 1 aliphatic heterocycles. The molecule has 2 unspecified atom stereocenters. The summed E-state index contributed by atoms with van der Waals surface area (Å²) in [5, 5.41) is 0. The molecular weight excluding hydrogens is 209 g/mol. The van der Waals surface area contributed by atoms with Gasteiger partial charge in [0.15, 0.2) is 0 Å². The lowest BCUT2D eigenvalue weighted by atomic mass is 9.85. The third-order valence-electron chi connectivity index (χ3n) is 2.71. The van der Waals surface area contributed by atoms with Gasteiger partial charge >= 0.3 is 0 Å². The fourth-order valence-corrected chi connectivity index (χ4v) is 1.93. The van der Waals surface area contributed by atoms with Crippen molar-refractivity contribution in [1.29, 1.82) is 0 Å². The Balaban J connectivity index is 2.68. The highest BCUT2D eigenvalue weighted by Gasteiger charge is 2.34. The Hall–Kier alpha value is -0.155. The summed E-state index contributed by atoms with van der Waals surface area (Å²) in [5.41, 5.74) is 0.0732. The van der Waals surface area contributed by atoms with Crippen LogP contribution in [0, 0.1) is 5.41 Å². The van der Waals surface area contributed by atoms with Crippen molar-refractivity contribution >= 4 is 26.4 Å². The molecule has 3 nitrogen and oxygen atoms in total. The lowest BCUT2D eigenvalue weighted by molar-refractivity contribution is -0.144. The van der Waals surface area contributed by atoms with Crippen LogP contribution in [-0.2, 0) is 9.53 Å². The summed E-state index contributed by atoms with van der Waals surface area (Å²) >= 11 is 4.03. The minimum Gasteiger partial charge on any atom is -0.380 e. The van der Waals surface area contributed by atoms with E-state index >= 15 is 0 Å². The number of morpholine rings is 1. The van der Waals surface area contributed by atoms with E-state index in [-0.39, 0.29) is 29.2 Å². The van der Waals surface area contributed by atoms with Crippen molar-refractivity contribution in [2.75, 3.05) is 18.8 Å². The molecular formula is C10H20BNO2S. The fraction of sp³-hybridized carbons (Fsp3) is 0.900. The van der Waals surface area contributed by atoms with Crippen LogP contribution in [-0.4, -0.2) is 49.6 Å². The maximum Gasteiger partial charge on any atom is 0.232 e. The summed E-state index contributed by atoms with van der Waals surface area (Å²) in [6, 6.07) is 0.117. The Kier molecular flexibility index (Phi) is 4.12. The van der Waals surface area contributed by atoms with Gasteiger partial charge in [-0.15, -0.1) is 0 Å². The van der Waals surface area contributed by atoms with Crippen molar-refractivity contribution in [3.05, 3.63) is 0 Å². The quantitative estimate of drug-likeness (QED) is 0.512. The molecule has 0 saturated carbocycles. The predicted octanol–water partition coefficient (Wildman–Crippen LogP) is 0.149. The summed E-state index contributed by atoms with van der Waals surface area (Å²) in [5.74, 6) is 0.381. The monoisotopic (exact) mass is 229 g/mol. The van der Waals surface area contributed by atoms with Crippen LogP contribution in [0.15, 0.2) is 0 Å². The first-order valence-corrected chi connectivity index (χ1v) is 6.02. The maximum atomic E-state index is 11.6. The molecule has 15 heavy (non-hydrogen) atoms. The number of thiol groups is 1. The Labute approximate surface area is 98.4 Å². The van der Waals surface area contributed by atoms with E-state index in [1.165, 1.54) is 0 Å². The molecule has 2 atom stereocenters. The van der Waals surface area contributed by atoms with Crippen LogP contribution >= 0.6 is 12.6 Å². The second kappa shape index (κ2) is 4.79. The Morgan fingerprint density at radius 2 is 2.13 bits per heavy atom. The van der Waals surface area contributed by atoms with Crippen LogP contribution in [0.4, 0.5) is 0 Å². The van der Waals surface area contributed by atoms with Crippen molar-refractivity contribution in [1.82, 2.24) is 4.90 Å². The first-order valence-electron chi connectivity index (χ1n) is 5.38. The Morgan fingerprint density at radius 3 is 2.60 bits per heavy atom. The average molecular weight is 229 g/mol. The third-order valence-corrected chi connectivity index (χ3v) is 2.98. The molecule has 1 rings (SSSR count). The van der Waals surface area contributed by atoms with Crippen molar-refractivity contribution in [3.63, 3.8) is 0 Å². The number of ether oxygens (including phenoxy) is 1. The van der Waals surface area contributed by atoms with Crippen LogP contribution in [0.2, 0.25) is 0 Å². The van der Waals surface area contributed by atoms with E-state index < -0.39 is 0 Å². The van der Waals surface area contributed by atoms with E-state index in [4.69, 9.17) is 4.74 Å². The molecule has 1 saturated heterocycles. The molecule has 86 valence electrons. The zero-order chi connectivity index (χ0) is 11.6. The first kappa shape index (κ1) is 12.9. The van der Waals surface area contributed by atoms with Crippen LogP contribution < -0.4 is 0 Å². The molecule has 1 heterocycles. The van der Waals surface area contributed by atoms with E-state index in [2.05, 4.69) is 33.4 Å². The largest absolute Gasteiger partial charge is 0.380 e. The predicted molar refractivity (Wildman–Crippen MR) is 67.1 cm³/mol.